The predicted octanol–water partition coefficient (Wildman–Crippen LogP) is 5.06. The maximum Gasteiger partial charge on any atom is 0.109 e. The van der Waals surface area contributed by atoms with E-state index in [0.717, 1.165) is 22.4 Å². The molecule has 0 amide bonds. The molecule has 0 bridgehead atoms. The Labute approximate surface area is 136 Å². The first kappa shape index (κ1) is 12.7. The number of para-hydroxylation sites is 2. The number of thiophene rings is 1. The fraction of sp³-hybridized carbons (Fsp3) is 0. The molecule has 0 atom stereocenters. The van der Waals surface area contributed by atoms with Crippen LogP contribution in [0, 0.1) is 0 Å². The molecule has 0 unspecified atom stereocenters. The minimum absolute atomic E-state index is 0.820. The van der Waals surface area contributed by atoms with Gasteiger partial charge in [0.25, 0.3) is 0 Å². The lowest BCUT2D eigenvalue weighted by Gasteiger charge is -2.03. The quantitative estimate of drug-likeness (QED) is 0.434. The Morgan fingerprint density at radius 2 is 1.57 bits per heavy atom. The number of benzene rings is 2. The molecule has 0 radical (unpaired) electrons. The van der Waals surface area contributed by atoms with Crippen LogP contribution < -0.4 is 0 Å². The van der Waals surface area contributed by atoms with Crippen LogP contribution in [0.15, 0.2) is 67.0 Å². The van der Waals surface area contributed by atoms with Crippen molar-refractivity contribution in [3.8, 4) is 11.4 Å². The van der Waals surface area contributed by atoms with Crippen molar-refractivity contribution in [2.75, 3.05) is 0 Å². The zero-order valence-electron chi connectivity index (χ0n) is 12.1. The molecule has 3 aromatic heterocycles. The maximum absolute atomic E-state index is 4.75. The number of hydrogen-bond acceptors (Lipinski definition) is 4. The topological polar surface area (TPSA) is 38.7 Å². The normalized spacial score (nSPS) is 11.5. The number of rotatable bonds is 1. The SMILES string of the molecule is c1ccc2nc(-c3nccc4c3sc3ccccc34)cnc2c1. The van der Waals surface area contributed by atoms with Crippen molar-refractivity contribution in [2.24, 2.45) is 0 Å². The van der Waals surface area contributed by atoms with Crippen LogP contribution in [-0.2, 0) is 0 Å². The second kappa shape index (κ2) is 4.83. The number of pyridine rings is 1. The molecule has 3 nitrogen and oxygen atoms in total. The van der Waals surface area contributed by atoms with E-state index in [1.165, 1.54) is 20.2 Å². The second-order valence-corrected chi connectivity index (χ2v) is 6.43. The van der Waals surface area contributed by atoms with Gasteiger partial charge >= 0.3 is 0 Å². The Bertz CT molecular complexity index is 1180. The zero-order valence-corrected chi connectivity index (χ0v) is 12.9. The van der Waals surface area contributed by atoms with Crippen molar-refractivity contribution in [3.63, 3.8) is 0 Å². The Kier molecular flexibility index (Phi) is 2.66. The van der Waals surface area contributed by atoms with E-state index in [1.54, 1.807) is 11.3 Å². The first-order chi connectivity index (χ1) is 11.4. The lowest BCUT2D eigenvalue weighted by atomic mass is 10.1. The number of aromatic nitrogens is 3. The van der Waals surface area contributed by atoms with Gasteiger partial charge in [0.1, 0.15) is 11.4 Å². The van der Waals surface area contributed by atoms with E-state index in [1.807, 2.05) is 36.7 Å². The predicted molar refractivity (Wildman–Crippen MR) is 95.7 cm³/mol. The second-order valence-electron chi connectivity index (χ2n) is 5.38. The van der Waals surface area contributed by atoms with Crippen molar-refractivity contribution in [2.45, 2.75) is 0 Å². The van der Waals surface area contributed by atoms with E-state index in [0.29, 0.717) is 0 Å². The van der Waals surface area contributed by atoms with Gasteiger partial charge in [0.05, 0.1) is 21.9 Å². The van der Waals surface area contributed by atoms with Crippen LogP contribution in [0.25, 0.3) is 42.6 Å². The van der Waals surface area contributed by atoms with Crippen LogP contribution in [-0.4, -0.2) is 15.0 Å². The van der Waals surface area contributed by atoms with Crippen LogP contribution in [0.5, 0.6) is 0 Å². The summed E-state index contributed by atoms with van der Waals surface area (Å²) < 4.78 is 2.43. The summed E-state index contributed by atoms with van der Waals surface area (Å²) in [6, 6.07) is 18.4. The molecule has 0 saturated heterocycles. The molecule has 23 heavy (non-hydrogen) atoms. The highest BCUT2D eigenvalue weighted by molar-refractivity contribution is 7.26. The lowest BCUT2D eigenvalue weighted by molar-refractivity contribution is 1.25. The average molecular weight is 313 g/mol. The van der Waals surface area contributed by atoms with E-state index in [4.69, 9.17) is 4.98 Å². The molecule has 0 spiro atoms. The monoisotopic (exact) mass is 313 g/mol. The Hall–Kier alpha value is -2.85. The largest absolute Gasteiger partial charge is 0.253 e. The van der Waals surface area contributed by atoms with Crippen molar-refractivity contribution in [1.29, 1.82) is 0 Å². The molecule has 5 rings (SSSR count). The summed E-state index contributed by atoms with van der Waals surface area (Å²) >= 11 is 1.76. The van der Waals surface area contributed by atoms with Gasteiger partial charge < -0.3 is 0 Å². The molecular weight excluding hydrogens is 302 g/mol. The highest BCUT2D eigenvalue weighted by Gasteiger charge is 2.12. The van der Waals surface area contributed by atoms with Crippen molar-refractivity contribution in [3.05, 3.63) is 67.0 Å². The van der Waals surface area contributed by atoms with Gasteiger partial charge in [-0.1, -0.05) is 30.3 Å². The molecule has 3 heterocycles. The standard InChI is InChI=1S/C19H11N3S/c1-4-8-17-12(5-1)13-9-10-20-18(19(13)23-17)16-11-21-14-6-2-3-7-15(14)22-16/h1-11H. The molecule has 5 aromatic rings. The Morgan fingerprint density at radius 1 is 0.739 bits per heavy atom. The summed E-state index contributed by atoms with van der Waals surface area (Å²) in [5, 5.41) is 2.50. The van der Waals surface area contributed by atoms with Crippen LogP contribution in [0.3, 0.4) is 0 Å². The van der Waals surface area contributed by atoms with Crippen molar-refractivity contribution in [1.82, 2.24) is 15.0 Å². The molecule has 0 saturated carbocycles. The summed E-state index contributed by atoms with van der Waals surface area (Å²) in [6.07, 6.45) is 3.67. The van der Waals surface area contributed by atoms with E-state index in [9.17, 15) is 0 Å². The Morgan fingerprint density at radius 3 is 2.52 bits per heavy atom. The van der Waals surface area contributed by atoms with Gasteiger partial charge in [-0.3, -0.25) is 9.97 Å². The third-order valence-corrected chi connectivity index (χ3v) is 5.18. The van der Waals surface area contributed by atoms with E-state index in [-0.39, 0.29) is 0 Å². The highest BCUT2D eigenvalue weighted by Crippen LogP contribution is 2.38. The van der Waals surface area contributed by atoms with Gasteiger partial charge in [-0.15, -0.1) is 11.3 Å². The minimum atomic E-state index is 0.820. The molecule has 0 aliphatic heterocycles. The van der Waals surface area contributed by atoms with E-state index >= 15 is 0 Å². The molecule has 2 aromatic carbocycles. The van der Waals surface area contributed by atoms with Crippen LogP contribution in [0.1, 0.15) is 0 Å². The minimum Gasteiger partial charge on any atom is -0.253 e. The maximum atomic E-state index is 4.75. The van der Waals surface area contributed by atoms with Crippen molar-refractivity contribution < 1.29 is 0 Å². The van der Waals surface area contributed by atoms with Gasteiger partial charge in [-0.2, -0.15) is 0 Å². The fourth-order valence-corrected chi connectivity index (χ4v) is 4.10. The molecular formula is C19H11N3S. The number of nitrogens with zero attached hydrogens (tertiary/aromatic N) is 3. The van der Waals surface area contributed by atoms with Gasteiger partial charge in [0, 0.05) is 21.7 Å². The molecule has 0 aliphatic carbocycles. The third kappa shape index (κ3) is 1.92. The smallest absolute Gasteiger partial charge is 0.109 e. The molecule has 0 aliphatic rings. The summed E-state index contributed by atoms with van der Waals surface area (Å²) in [7, 11) is 0. The van der Waals surface area contributed by atoms with Gasteiger partial charge in [-0.05, 0) is 24.3 Å². The summed E-state index contributed by atoms with van der Waals surface area (Å²) in [6.45, 7) is 0. The Balaban J connectivity index is 1.84. The third-order valence-electron chi connectivity index (χ3n) is 3.98. The zero-order chi connectivity index (χ0) is 15.2. The van der Waals surface area contributed by atoms with Gasteiger partial charge in [0.2, 0.25) is 0 Å². The van der Waals surface area contributed by atoms with E-state index in [2.05, 4.69) is 40.3 Å². The van der Waals surface area contributed by atoms with Crippen LogP contribution in [0.4, 0.5) is 0 Å². The average Bonchev–Trinajstić information content (AvgIpc) is 3.00. The number of hydrogen-bond donors (Lipinski definition) is 0. The van der Waals surface area contributed by atoms with Crippen LogP contribution in [0.2, 0.25) is 0 Å². The lowest BCUT2D eigenvalue weighted by Crippen LogP contribution is -1.90. The van der Waals surface area contributed by atoms with Gasteiger partial charge in [-0.25, -0.2) is 4.98 Å². The highest BCUT2D eigenvalue weighted by atomic mass is 32.1. The molecule has 0 fully saturated rings. The molecule has 0 N–H and O–H groups in total. The summed E-state index contributed by atoms with van der Waals surface area (Å²) in [4.78, 5) is 13.9. The first-order valence-electron chi connectivity index (χ1n) is 7.38. The summed E-state index contributed by atoms with van der Waals surface area (Å²) in [5.74, 6) is 0. The first-order valence-corrected chi connectivity index (χ1v) is 8.20. The number of fused-ring (bicyclic) bond motifs is 4. The molecule has 4 heteroatoms. The van der Waals surface area contributed by atoms with Crippen LogP contribution >= 0.6 is 11.3 Å². The van der Waals surface area contributed by atoms with Crippen molar-refractivity contribution >= 4 is 42.5 Å². The van der Waals surface area contributed by atoms with E-state index < -0.39 is 0 Å². The van der Waals surface area contributed by atoms with Gasteiger partial charge in [0.15, 0.2) is 0 Å². The molecule has 108 valence electrons. The summed E-state index contributed by atoms with van der Waals surface area (Å²) in [5.41, 5.74) is 3.52. The fourth-order valence-electron chi connectivity index (χ4n) is 2.91.